The van der Waals surface area contributed by atoms with E-state index in [0.717, 1.165) is 4.90 Å². The summed E-state index contributed by atoms with van der Waals surface area (Å²) in [6.07, 6.45) is 0. The lowest BCUT2D eigenvalue weighted by atomic mass is 9.94. The number of nitro groups is 1. The molecule has 31 heavy (non-hydrogen) atoms. The van der Waals surface area contributed by atoms with Crippen LogP contribution in [-0.2, 0) is 9.59 Å². The van der Waals surface area contributed by atoms with Crippen molar-refractivity contribution in [2.75, 3.05) is 4.90 Å². The Kier molecular flexibility index (Phi) is 5.04. The maximum Gasteiger partial charge on any atom is 0.300 e. The summed E-state index contributed by atoms with van der Waals surface area (Å²) in [5.41, 5.74) is -0.00707. The zero-order valence-corrected chi connectivity index (χ0v) is 15.9. The number of para-hydroxylation sites is 1. The number of hydrogen-bond donors (Lipinski definition) is 1. The number of non-ortho nitro benzene ring substituents is 1. The van der Waals surface area contributed by atoms with Crippen LogP contribution >= 0.6 is 0 Å². The Labute approximate surface area is 175 Å². The third-order valence-corrected chi connectivity index (χ3v) is 5.03. The van der Waals surface area contributed by atoms with Gasteiger partial charge in [-0.2, -0.15) is 0 Å². The van der Waals surface area contributed by atoms with Crippen molar-refractivity contribution in [3.8, 4) is 0 Å². The van der Waals surface area contributed by atoms with E-state index < -0.39 is 34.2 Å². The second-order valence-electron chi connectivity index (χ2n) is 6.83. The minimum Gasteiger partial charge on any atom is -0.507 e. The Morgan fingerprint density at radius 3 is 2.16 bits per heavy atom. The molecule has 1 saturated heterocycles. The van der Waals surface area contributed by atoms with Crippen LogP contribution in [0, 0.1) is 15.9 Å². The van der Waals surface area contributed by atoms with Gasteiger partial charge in [-0.25, -0.2) is 4.39 Å². The number of rotatable bonds is 4. The summed E-state index contributed by atoms with van der Waals surface area (Å²) in [6.45, 7) is 0. The van der Waals surface area contributed by atoms with Crippen LogP contribution in [0.15, 0.2) is 84.4 Å². The van der Waals surface area contributed by atoms with Gasteiger partial charge in [0, 0.05) is 28.9 Å². The van der Waals surface area contributed by atoms with Gasteiger partial charge in [-0.3, -0.25) is 24.6 Å². The van der Waals surface area contributed by atoms with Crippen LogP contribution in [-0.4, -0.2) is 21.7 Å². The van der Waals surface area contributed by atoms with Crippen molar-refractivity contribution in [2.45, 2.75) is 6.04 Å². The van der Waals surface area contributed by atoms with Crippen molar-refractivity contribution < 1.29 is 24.0 Å². The lowest BCUT2D eigenvalue weighted by Crippen LogP contribution is -2.29. The maximum atomic E-state index is 14.7. The Morgan fingerprint density at radius 1 is 0.935 bits per heavy atom. The molecule has 0 saturated carbocycles. The first-order chi connectivity index (χ1) is 14.9. The van der Waals surface area contributed by atoms with Gasteiger partial charge in [-0.05, 0) is 30.3 Å². The highest BCUT2D eigenvalue weighted by Gasteiger charge is 2.47. The summed E-state index contributed by atoms with van der Waals surface area (Å²) in [4.78, 5) is 37.3. The number of anilines is 1. The van der Waals surface area contributed by atoms with E-state index in [-0.39, 0.29) is 22.4 Å². The molecule has 3 aromatic carbocycles. The van der Waals surface area contributed by atoms with Gasteiger partial charge in [-0.15, -0.1) is 0 Å². The van der Waals surface area contributed by atoms with E-state index in [0.29, 0.717) is 5.69 Å². The molecule has 3 aromatic rings. The molecule has 8 heteroatoms. The molecule has 0 unspecified atom stereocenters. The number of halogens is 1. The molecule has 1 heterocycles. The van der Waals surface area contributed by atoms with Crippen molar-refractivity contribution >= 4 is 28.8 Å². The fraction of sp³-hybridized carbons (Fsp3) is 0.0435. The van der Waals surface area contributed by atoms with E-state index in [4.69, 9.17) is 0 Å². The molecule has 0 radical (unpaired) electrons. The molecule has 7 nitrogen and oxygen atoms in total. The number of nitrogens with zero attached hydrogens (tertiary/aromatic N) is 2. The molecular weight excluding hydrogens is 403 g/mol. The fourth-order valence-electron chi connectivity index (χ4n) is 3.58. The Balaban J connectivity index is 1.93. The van der Waals surface area contributed by atoms with Gasteiger partial charge < -0.3 is 5.11 Å². The third kappa shape index (κ3) is 3.44. The minimum atomic E-state index is -1.21. The summed E-state index contributed by atoms with van der Waals surface area (Å²) in [5, 5.41) is 21.8. The number of aliphatic hydroxyl groups excluding tert-OH is 1. The lowest BCUT2D eigenvalue weighted by molar-refractivity contribution is -0.384. The number of aliphatic hydroxyl groups is 1. The van der Waals surface area contributed by atoms with E-state index in [1.165, 1.54) is 42.5 Å². The molecular formula is C23H15FN2O5. The first-order valence-electron chi connectivity index (χ1n) is 9.25. The van der Waals surface area contributed by atoms with Crippen LogP contribution in [0.2, 0.25) is 0 Å². The second-order valence-corrected chi connectivity index (χ2v) is 6.83. The normalized spacial score (nSPS) is 17.7. The van der Waals surface area contributed by atoms with Gasteiger partial charge in [-0.1, -0.05) is 36.4 Å². The third-order valence-electron chi connectivity index (χ3n) is 5.03. The van der Waals surface area contributed by atoms with E-state index in [2.05, 4.69) is 0 Å². The van der Waals surface area contributed by atoms with Crippen LogP contribution in [0.25, 0.3) is 5.76 Å². The summed E-state index contributed by atoms with van der Waals surface area (Å²) in [7, 11) is 0. The molecule has 0 aromatic heterocycles. The summed E-state index contributed by atoms with van der Waals surface area (Å²) >= 11 is 0. The maximum absolute atomic E-state index is 14.7. The van der Waals surface area contributed by atoms with Crippen molar-refractivity contribution in [3.63, 3.8) is 0 Å². The largest absolute Gasteiger partial charge is 0.507 e. The van der Waals surface area contributed by atoms with Crippen molar-refractivity contribution in [1.82, 2.24) is 0 Å². The highest BCUT2D eigenvalue weighted by molar-refractivity contribution is 6.51. The quantitative estimate of drug-likeness (QED) is 0.223. The van der Waals surface area contributed by atoms with Gasteiger partial charge in [0.1, 0.15) is 11.6 Å². The number of Topliss-reactive ketones (excluding diaryl/α,β-unsaturated/α-hetero) is 1. The summed E-state index contributed by atoms with van der Waals surface area (Å²) in [6, 6.07) is 17.6. The molecule has 1 atom stereocenters. The number of benzene rings is 3. The lowest BCUT2D eigenvalue weighted by Gasteiger charge is -2.25. The highest BCUT2D eigenvalue weighted by atomic mass is 19.1. The zero-order valence-electron chi connectivity index (χ0n) is 15.9. The van der Waals surface area contributed by atoms with Crippen LogP contribution in [0.5, 0.6) is 0 Å². The standard InChI is InChI=1S/C23H15FN2O5/c24-18-9-5-4-8-17(18)20-19(21(27)14-10-12-16(13-11-14)26(30)31)22(28)23(29)25(20)15-6-2-1-3-7-15/h1-13,20,27H/b21-19+/t20-/m0/s1. The molecule has 0 spiro atoms. The van der Waals surface area contributed by atoms with E-state index in [9.17, 15) is 29.2 Å². The van der Waals surface area contributed by atoms with Crippen molar-refractivity contribution in [3.05, 3.63) is 111 Å². The molecule has 4 rings (SSSR count). The average Bonchev–Trinajstić information content (AvgIpc) is 3.04. The van der Waals surface area contributed by atoms with E-state index in [1.807, 2.05) is 0 Å². The Bertz CT molecular complexity index is 1220. The van der Waals surface area contributed by atoms with Crippen LogP contribution in [0.1, 0.15) is 17.2 Å². The fourth-order valence-corrected chi connectivity index (χ4v) is 3.58. The molecule has 1 aliphatic rings. The molecule has 1 N–H and O–H groups in total. The molecule has 1 aliphatic heterocycles. The molecule has 154 valence electrons. The van der Waals surface area contributed by atoms with Crippen LogP contribution in [0.4, 0.5) is 15.8 Å². The monoisotopic (exact) mass is 418 g/mol. The van der Waals surface area contributed by atoms with E-state index in [1.54, 1.807) is 36.4 Å². The number of carbonyl (C=O) groups excluding carboxylic acids is 2. The summed E-state index contributed by atoms with van der Waals surface area (Å²) < 4.78 is 14.7. The summed E-state index contributed by atoms with van der Waals surface area (Å²) in [5.74, 6) is -3.08. The Morgan fingerprint density at radius 2 is 1.55 bits per heavy atom. The van der Waals surface area contributed by atoms with Gasteiger partial charge in [0.05, 0.1) is 16.5 Å². The van der Waals surface area contributed by atoms with Gasteiger partial charge in [0.2, 0.25) is 0 Å². The number of carbonyl (C=O) groups is 2. The highest BCUT2D eigenvalue weighted by Crippen LogP contribution is 2.42. The SMILES string of the molecule is O=C1C(=O)N(c2ccccc2)[C@@H](c2ccccc2F)/C1=C(\O)c1ccc([N+](=O)[O-])cc1. The number of hydrogen-bond acceptors (Lipinski definition) is 5. The molecule has 0 bridgehead atoms. The molecule has 0 aliphatic carbocycles. The topological polar surface area (TPSA) is 101 Å². The van der Waals surface area contributed by atoms with E-state index >= 15 is 0 Å². The van der Waals surface area contributed by atoms with Gasteiger partial charge >= 0.3 is 0 Å². The Hall–Kier alpha value is -4.33. The minimum absolute atomic E-state index is 0.0361. The second kappa shape index (κ2) is 7.83. The molecule has 1 fully saturated rings. The first kappa shape index (κ1) is 20.0. The predicted molar refractivity (Wildman–Crippen MR) is 111 cm³/mol. The zero-order chi connectivity index (χ0) is 22.1. The number of ketones is 1. The number of nitro benzene ring substituents is 1. The smallest absolute Gasteiger partial charge is 0.300 e. The first-order valence-corrected chi connectivity index (χ1v) is 9.25. The number of amides is 1. The van der Waals surface area contributed by atoms with Crippen LogP contribution < -0.4 is 4.90 Å². The average molecular weight is 418 g/mol. The van der Waals surface area contributed by atoms with Crippen LogP contribution in [0.3, 0.4) is 0 Å². The predicted octanol–water partition coefficient (Wildman–Crippen LogP) is 4.36. The van der Waals surface area contributed by atoms with Crippen molar-refractivity contribution in [1.29, 1.82) is 0 Å². The molecule has 1 amide bonds. The van der Waals surface area contributed by atoms with Crippen molar-refractivity contribution in [2.24, 2.45) is 0 Å². The van der Waals surface area contributed by atoms with Gasteiger partial charge in [0.15, 0.2) is 0 Å². The van der Waals surface area contributed by atoms with Gasteiger partial charge in [0.25, 0.3) is 17.4 Å².